The predicted molar refractivity (Wildman–Crippen MR) is 133 cm³/mol. The van der Waals surface area contributed by atoms with Crippen LogP contribution in [-0.4, -0.2) is 39.4 Å². The zero-order valence-corrected chi connectivity index (χ0v) is 20.5. The molecule has 1 aliphatic carbocycles. The topological polar surface area (TPSA) is 110 Å². The van der Waals surface area contributed by atoms with Crippen LogP contribution >= 0.6 is 0 Å². The summed E-state index contributed by atoms with van der Waals surface area (Å²) in [5.74, 6) is -0.483. The van der Waals surface area contributed by atoms with Gasteiger partial charge in [-0.15, -0.1) is 0 Å². The number of carbonyl (C=O) groups excluding carboxylic acids is 3. The summed E-state index contributed by atoms with van der Waals surface area (Å²) >= 11 is 0. The van der Waals surface area contributed by atoms with Gasteiger partial charge in [0.1, 0.15) is 23.2 Å². The largest absolute Gasteiger partial charge is 0.458 e. The molecule has 2 atom stereocenters. The molecule has 184 valence electrons. The van der Waals surface area contributed by atoms with Crippen molar-refractivity contribution in [1.29, 1.82) is 0 Å². The van der Waals surface area contributed by atoms with E-state index in [0.29, 0.717) is 25.1 Å². The lowest BCUT2D eigenvalue weighted by atomic mass is 9.79. The Morgan fingerprint density at radius 3 is 2.58 bits per heavy atom. The molecule has 8 heteroatoms. The van der Waals surface area contributed by atoms with Crippen LogP contribution in [0.2, 0.25) is 0 Å². The van der Waals surface area contributed by atoms with Crippen LogP contribution in [0.4, 0.5) is 5.82 Å². The molecular formula is C28H28N4O4. The first-order valence-corrected chi connectivity index (χ1v) is 12.0. The summed E-state index contributed by atoms with van der Waals surface area (Å²) in [4.78, 5) is 47.8. The fraction of sp³-hybridized carbons (Fsp3) is 0.321. The number of fused-ring (bicyclic) bond motifs is 3. The van der Waals surface area contributed by atoms with Gasteiger partial charge in [-0.3, -0.25) is 14.6 Å². The third-order valence-electron chi connectivity index (χ3n) is 6.57. The van der Waals surface area contributed by atoms with Gasteiger partial charge in [0.05, 0.1) is 5.41 Å². The Morgan fingerprint density at radius 1 is 1.08 bits per heavy atom. The van der Waals surface area contributed by atoms with E-state index in [1.165, 1.54) is 0 Å². The van der Waals surface area contributed by atoms with Crippen LogP contribution < -0.4 is 10.6 Å². The number of benzene rings is 1. The number of pyridine rings is 2. The Hall–Kier alpha value is -4.07. The van der Waals surface area contributed by atoms with Crippen molar-refractivity contribution in [1.82, 2.24) is 15.3 Å². The molecule has 0 saturated heterocycles. The molecule has 1 spiro atoms. The van der Waals surface area contributed by atoms with Gasteiger partial charge in [-0.25, -0.2) is 9.78 Å². The Labute approximate surface area is 209 Å². The van der Waals surface area contributed by atoms with Crippen molar-refractivity contribution in [3.8, 4) is 0 Å². The zero-order chi connectivity index (χ0) is 25.5. The smallest absolute Gasteiger partial charge is 0.329 e. The maximum atomic E-state index is 13.2. The highest BCUT2D eigenvalue weighted by atomic mass is 16.6. The highest BCUT2D eigenvalue weighted by molar-refractivity contribution is 6.06. The monoisotopic (exact) mass is 484 g/mol. The van der Waals surface area contributed by atoms with E-state index in [2.05, 4.69) is 20.6 Å². The second kappa shape index (κ2) is 8.86. The maximum absolute atomic E-state index is 13.2. The number of amides is 2. The maximum Gasteiger partial charge on any atom is 0.329 e. The minimum absolute atomic E-state index is 0.0914. The Bertz CT molecular complexity index is 1350. The molecule has 5 rings (SSSR count). The van der Waals surface area contributed by atoms with E-state index in [1.54, 1.807) is 39.2 Å². The summed E-state index contributed by atoms with van der Waals surface area (Å²) in [7, 11) is 0. The van der Waals surface area contributed by atoms with Crippen LogP contribution in [-0.2, 0) is 39.0 Å². The van der Waals surface area contributed by atoms with E-state index in [9.17, 15) is 14.4 Å². The Kier molecular flexibility index (Phi) is 5.82. The molecule has 0 saturated carbocycles. The number of nitrogens with one attached hydrogen (secondary N) is 2. The molecule has 0 fully saturated rings. The molecule has 3 heterocycles. The van der Waals surface area contributed by atoms with Gasteiger partial charge in [-0.1, -0.05) is 36.4 Å². The van der Waals surface area contributed by atoms with Crippen LogP contribution in [0.5, 0.6) is 0 Å². The molecule has 3 aromatic rings. The number of anilines is 1. The van der Waals surface area contributed by atoms with Crippen LogP contribution in [0, 0.1) is 0 Å². The lowest BCUT2D eigenvalue weighted by Crippen LogP contribution is -2.45. The quantitative estimate of drug-likeness (QED) is 0.539. The second-order valence-corrected chi connectivity index (χ2v) is 10.4. The van der Waals surface area contributed by atoms with Crippen molar-refractivity contribution in [2.45, 2.75) is 57.1 Å². The summed E-state index contributed by atoms with van der Waals surface area (Å²) in [5.41, 5.74) is 2.34. The van der Waals surface area contributed by atoms with Crippen LogP contribution in [0.25, 0.3) is 0 Å². The number of carbonyl (C=O) groups is 3. The number of esters is 1. The van der Waals surface area contributed by atoms with Crippen molar-refractivity contribution in [2.75, 3.05) is 5.32 Å². The second-order valence-electron chi connectivity index (χ2n) is 10.4. The third-order valence-corrected chi connectivity index (χ3v) is 6.57. The van der Waals surface area contributed by atoms with Crippen molar-refractivity contribution in [3.63, 3.8) is 0 Å². The highest BCUT2D eigenvalue weighted by Gasteiger charge is 2.51. The van der Waals surface area contributed by atoms with Crippen LogP contribution in [0.3, 0.4) is 0 Å². The van der Waals surface area contributed by atoms with Gasteiger partial charge in [0.25, 0.3) is 5.91 Å². The molecule has 0 radical (unpaired) electrons. The fourth-order valence-corrected chi connectivity index (χ4v) is 4.93. The van der Waals surface area contributed by atoms with Gasteiger partial charge >= 0.3 is 5.97 Å². The third kappa shape index (κ3) is 4.46. The normalized spacial score (nSPS) is 18.8. The van der Waals surface area contributed by atoms with Crippen molar-refractivity contribution < 1.29 is 19.1 Å². The first kappa shape index (κ1) is 23.7. The summed E-state index contributed by atoms with van der Waals surface area (Å²) in [5, 5.41) is 5.70. The first-order valence-electron chi connectivity index (χ1n) is 12.0. The molecule has 1 aliphatic heterocycles. The van der Waals surface area contributed by atoms with Crippen molar-refractivity contribution >= 4 is 23.6 Å². The van der Waals surface area contributed by atoms with Crippen molar-refractivity contribution in [3.05, 3.63) is 88.9 Å². The Morgan fingerprint density at radius 2 is 1.83 bits per heavy atom. The lowest BCUT2D eigenvalue weighted by molar-refractivity contribution is -0.157. The first-order chi connectivity index (χ1) is 17.1. The van der Waals surface area contributed by atoms with E-state index < -0.39 is 28.9 Å². The van der Waals surface area contributed by atoms with Gasteiger partial charge in [-0.05, 0) is 62.4 Å². The summed E-state index contributed by atoms with van der Waals surface area (Å²) in [6, 6.07) is 14.0. The van der Waals surface area contributed by atoms with E-state index in [4.69, 9.17) is 4.74 Å². The fourth-order valence-electron chi connectivity index (χ4n) is 4.93. The van der Waals surface area contributed by atoms with E-state index in [0.717, 1.165) is 22.3 Å². The summed E-state index contributed by atoms with van der Waals surface area (Å²) in [6.07, 6.45) is 4.55. The minimum Gasteiger partial charge on any atom is -0.458 e. The number of hydrogen-bond donors (Lipinski definition) is 2. The average Bonchev–Trinajstić information content (AvgIpc) is 3.35. The van der Waals surface area contributed by atoms with E-state index in [1.807, 2.05) is 42.5 Å². The molecule has 2 unspecified atom stereocenters. The lowest BCUT2D eigenvalue weighted by Gasteiger charge is -2.24. The molecular weight excluding hydrogens is 456 g/mol. The van der Waals surface area contributed by atoms with E-state index in [-0.39, 0.29) is 11.6 Å². The molecule has 1 aromatic carbocycles. The standard InChI is InChI=1S/C28H28N4O4/c1-27(2,3)36-25(34)22(12-17-8-5-4-6-9-17)31-24(33)21-13-18-14-28(15-19(18)16-30-21)20-10-7-11-29-23(20)32-26(28)35/h4-11,13,16,22H,12,14-15H2,1-3H3,(H,31,33)(H,29,32,35). The van der Waals surface area contributed by atoms with Gasteiger partial charge in [0.2, 0.25) is 5.91 Å². The minimum atomic E-state index is -0.876. The van der Waals surface area contributed by atoms with Gasteiger partial charge < -0.3 is 15.4 Å². The summed E-state index contributed by atoms with van der Waals surface area (Å²) in [6.45, 7) is 5.37. The van der Waals surface area contributed by atoms with E-state index >= 15 is 0 Å². The number of ether oxygens (including phenoxy) is 1. The van der Waals surface area contributed by atoms with Gasteiger partial charge in [-0.2, -0.15) is 0 Å². The van der Waals surface area contributed by atoms with Crippen LogP contribution in [0.1, 0.15) is 53.5 Å². The van der Waals surface area contributed by atoms with Crippen LogP contribution in [0.15, 0.2) is 60.9 Å². The average molecular weight is 485 g/mol. The molecule has 2 amide bonds. The predicted octanol–water partition coefficient (Wildman–Crippen LogP) is 3.15. The summed E-state index contributed by atoms with van der Waals surface area (Å²) < 4.78 is 5.57. The van der Waals surface area contributed by atoms with Gasteiger partial charge in [0, 0.05) is 24.4 Å². The van der Waals surface area contributed by atoms with Gasteiger partial charge in [0.15, 0.2) is 0 Å². The Balaban J connectivity index is 1.37. The number of nitrogens with zero attached hydrogens (tertiary/aromatic N) is 2. The highest BCUT2D eigenvalue weighted by Crippen LogP contribution is 2.46. The SMILES string of the molecule is CC(C)(C)OC(=O)C(Cc1ccccc1)NC(=O)c1cc2c(cn1)CC1(C2)C(=O)Nc2ncccc21. The number of rotatable bonds is 5. The molecule has 8 nitrogen and oxygen atoms in total. The molecule has 2 N–H and O–H groups in total. The number of aromatic nitrogens is 2. The molecule has 36 heavy (non-hydrogen) atoms. The van der Waals surface area contributed by atoms with Crippen molar-refractivity contribution in [2.24, 2.45) is 0 Å². The molecule has 2 aliphatic rings. The number of hydrogen-bond acceptors (Lipinski definition) is 6. The molecule has 0 bridgehead atoms. The molecule has 2 aromatic heterocycles. The zero-order valence-electron chi connectivity index (χ0n) is 20.5.